The molecular weight excluding hydrogens is 484 g/mol. The Labute approximate surface area is 208 Å². The van der Waals surface area contributed by atoms with Gasteiger partial charge in [0.1, 0.15) is 6.10 Å². The van der Waals surface area contributed by atoms with Crippen molar-refractivity contribution < 1.29 is 36.5 Å². The second kappa shape index (κ2) is 10.7. The van der Waals surface area contributed by atoms with Crippen molar-refractivity contribution in [1.82, 2.24) is 0 Å². The summed E-state index contributed by atoms with van der Waals surface area (Å²) in [6.45, 7) is 1.80. The number of hydrogen-bond acceptors (Lipinski definition) is 8. The third-order valence-corrected chi connectivity index (χ3v) is 6.72. The Hall–Kier alpha value is -4.08. The summed E-state index contributed by atoms with van der Waals surface area (Å²) >= 11 is 0. The van der Waals surface area contributed by atoms with Crippen LogP contribution in [-0.2, 0) is 28.6 Å². The maximum absolute atomic E-state index is 13.0. The highest BCUT2D eigenvalue weighted by molar-refractivity contribution is 7.86. The summed E-state index contributed by atoms with van der Waals surface area (Å²) in [5.41, 5.74) is 1.17. The Morgan fingerprint density at radius 2 is 1.28 bits per heavy atom. The molecule has 3 atom stereocenters. The largest absolute Gasteiger partial charge is 0.451 e. The molecule has 0 aromatic heterocycles. The summed E-state index contributed by atoms with van der Waals surface area (Å²) in [5.74, 6) is -2.37. The average molecular weight is 507 g/mol. The minimum Gasteiger partial charge on any atom is -0.451 e. The van der Waals surface area contributed by atoms with Gasteiger partial charge in [-0.2, -0.15) is 8.42 Å². The van der Waals surface area contributed by atoms with E-state index in [2.05, 4.69) is 0 Å². The van der Waals surface area contributed by atoms with Gasteiger partial charge in [0, 0.05) is 0 Å². The van der Waals surface area contributed by atoms with E-state index in [1.807, 2.05) is 0 Å². The molecule has 0 saturated carbocycles. The van der Waals surface area contributed by atoms with Crippen LogP contribution in [0.4, 0.5) is 0 Å². The second-order valence-corrected chi connectivity index (χ2v) is 9.59. The molecule has 3 aromatic carbocycles. The van der Waals surface area contributed by atoms with Crippen LogP contribution in [0.25, 0.3) is 0 Å². The minimum atomic E-state index is -4.33. The first-order valence-corrected chi connectivity index (χ1v) is 12.4. The maximum Gasteiger partial charge on any atom is 0.338 e. The molecule has 0 heterocycles. The fraction of sp³-hybridized carbons (Fsp3) is 0.148. The van der Waals surface area contributed by atoms with E-state index in [0.29, 0.717) is 0 Å². The van der Waals surface area contributed by atoms with Crippen molar-refractivity contribution in [2.24, 2.45) is 0 Å². The first-order chi connectivity index (χ1) is 17.2. The van der Waals surface area contributed by atoms with Crippen molar-refractivity contribution in [3.05, 3.63) is 114 Å². The average Bonchev–Trinajstić information content (AvgIpc) is 2.88. The molecule has 0 aliphatic heterocycles. The molecule has 0 unspecified atom stereocenters. The van der Waals surface area contributed by atoms with Crippen molar-refractivity contribution in [3.8, 4) is 0 Å². The van der Waals surface area contributed by atoms with Gasteiger partial charge in [-0.1, -0.05) is 54.1 Å². The van der Waals surface area contributed by atoms with Crippen LogP contribution in [0.2, 0.25) is 0 Å². The molecule has 0 saturated heterocycles. The fourth-order valence-corrected chi connectivity index (χ4v) is 4.55. The summed E-state index contributed by atoms with van der Waals surface area (Å²) in [4.78, 5) is 38.2. The van der Waals surface area contributed by atoms with Crippen molar-refractivity contribution in [1.29, 1.82) is 0 Å². The molecular formula is C27H22O8S. The van der Waals surface area contributed by atoms with E-state index in [1.165, 1.54) is 42.5 Å². The molecule has 9 heteroatoms. The smallest absolute Gasteiger partial charge is 0.338 e. The van der Waals surface area contributed by atoms with Crippen LogP contribution in [0, 0.1) is 6.92 Å². The number of benzene rings is 3. The zero-order valence-corrected chi connectivity index (χ0v) is 20.0. The van der Waals surface area contributed by atoms with Gasteiger partial charge >= 0.3 is 11.9 Å². The predicted octanol–water partition coefficient (Wildman–Crippen LogP) is 3.66. The van der Waals surface area contributed by atoms with Crippen LogP contribution in [0.3, 0.4) is 0 Å². The van der Waals surface area contributed by atoms with Crippen molar-refractivity contribution in [3.63, 3.8) is 0 Å². The number of rotatable bonds is 7. The summed E-state index contributed by atoms with van der Waals surface area (Å²) in [6.07, 6.45) is -2.42. The molecule has 3 aromatic rings. The Balaban J connectivity index is 1.65. The zero-order chi connectivity index (χ0) is 25.7. The highest BCUT2D eigenvalue weighted by Gasteiger charge is 2.44. The van der Waals surface area contributed by atoms with Crippen LogP contribution < -0.4 is 0 Å². The Morgan fingerprint density at radius 1 is 0.750 bits per heavy atom. The van der Waals surface area contributed by atoms with Crippen LogP contribution >= 0.6 is 0 Å². The number of ketones is 1. The molecule has 36 heavy (non-hydrogen) atoms. The van der Waals surface area contributed by atoms with E-state index in [9.17, 15) is 22.8 Å². The van der Waals surface area contributed by atoms with Gasteiger partial charge in [-0.15, -0.1) is 0 Å². The van der Waals surface area contributed by atoms with Gasteiger partial charge in [-0.25, -0.2) is 9.59 Å². The van der Waals surface area contributed by atoms with Gasteiger partial charge in [0.25, 0.3) is 10.1 Å². The lowest BCUT2D eigenvalue weighted by molar-refractivity contribution is -0.134. The highest BCUT2D eigenvalue weighted by atomic mass is 32.2. The molecule has 1 aliphatic rings. The number of carbonyl (C=O) groups is 3. The second-order valence-electron chi connectivity index (χ2n) is 8.02. The highest BCUT2D eigenvalue weighted by Crippen LogP contribution is 2.26. The normalized spacial score (nSPS) is 19.5. The van der Waals surface area contributed by atoms with E-state index in [0.717, 1.165) is 11.6 Å². The Morgan fingerprint density at radius 3 is 1.83 bits per heavy atom. The topological polar surface area (TPSA) is 113 Å². The molecule has 1 aliphatic carbocycles. The summed E-state index contributed by atoms with van der Waals surface area (Å²) in [7, 11) is -4.33. The van der Waals surface area contributed by atoms with Crippen LogP contribution in [-0.4, -0.2) is 44.5 Å². The van der Waals surface area contributed by atoms with E-state index in [4.69, 9.17) is 13.7 Å². The fourth-order valence-electron chi connectivity index (χ4n) is 3.50. The molecule has 0 radical (unpaired) electrons. The van der Waals surface area contributed by atoms with Gasteiger partial charge in [-0.3, -0.25) is 8.98 Å². The van der Waals surface area contributed by atoms with Gasteiger partial charge in [0.2, 0.25) is 6.10 Å². The van der Waals surface area contributed by atoms with Crippen molar-refractivity contribution in [2.45, 2.75) is 30.1 Å². The van der Waals surface area contributed by atoms with E-state index >= 15 is 0 Å². The number of hydrogen-bond donors (Lipinski definition) is 0. The Kier molecular flexibility index (Phi) is 7.42. The standard InChI is InChI=1S/C27H22O8S/c1-18-12-14-21(15-13-18)36(31,32)35-23-17-16-22(28)24(33-26(29)19-8-4-2-5-9-19)25(23)34-27(30)20-10-6-3-7-11-20/h2-17,23-25H,1H3/t23-,24+,25+/m0/s1. The lowest BCUT2D eigenvalue weighted by Crippen LogP contribution is -2.50. The van der Waals surface area contributed by atoms with Crippen LogP contribution in [0.5, 0.6) is 0 Å². The van der Waals surface area contributed by atoms with Crippen LogP contribution in [0.15, 0.2) is 102 Å². The van der Waals surface area contributed by atoms with Gasteiger partial charge in [0.05, 0.1) is 16.0 Å². The third-order valence-electron chi connectivity index (χ3n) is 5.40. The number of carbonyl (C=O) groups excluding carboxylic acids is 3. The van der Waals surface area contributed by atoms with Crippen molar-refractivity contribution >= 4 is 27.8 Å². The quantitative estimate of drug-likeness (QED) is 0.352. The van der Waals surface area contributed by atoms with E-state index in [1.54, 1.807) is 55.5 Å². The van der Waals surface area contributed by atoms with Crippen LogP contribution in [0.1, 0.15) is 26.3 Å². The molecule has 0 bridgehead atoms. The van der Waals surface area contributed by atoms with Gasteiger partial charge in [-0.05, 0) is 55.5 Å². The van der Waals surface area contributed by atoms with Gasteiger partial charge in [0.15, 0.2) is 11.9 Å². The summed E-state index contributed by atoms with van der Waals surface area (Å²) in [6, 6.07) is 21.8. The molecule has 0 N–H and O–H groups in total. The number of aryl methyl sites for hydroxylation is 1. The molecule has 0 fully saturated rings. The molecule has 8 nitrogen and oxygen atoms in total. The monoisotopic (exact) mass is 506 g/mol. The van der Waals surface area contributed by atoms with Gasteiger partial charge < -0.3 is 9.47 Å². The first-order valence-electron chi connectivity index (χ1n) is 11.0. The number of ether oxygens (including phenoxy) is 2. The minimum absolute atomic E-state index is 0.121. The third kappa shape index (κ3) is 5.76. The predicted molar refractivity (Wildman–Crippen MR) is 129 cm³/mol. The lowest BCUT2D eigenvalue weighted by Gasteiger charge is -2.32. The molecule has 4 rings (SSSR count). The SMILES string of the molecule is Cc1ccc(S(=O)(=O)O[C@H]2C=CC(=O)[C@@H](OC(=O)c3ccccc3)[C@@H]2OC(=O)c2ccccc2)cc1. The maximum atomic E-state index is 13.0. The Bertz CT molecular complexity index is 1380. The van der Waals surface area contributed by atoms with E-state index < -0.39 is 46.2 Å². The summed E-state index contributed by atoms with van der Waals surface area (Å²) < 4.78 is 42.2. The van der Waals surface area contributed by atoms with E-state index in [-0.39, 0.29) is 16.0 Å². The molecule has 0 amide bonds. The first kappa shape index (κ1) is 25.0. The molecule has 184 valence electrons. The summed E-state index contributed by atoms with van der Waals surface area (Å²) in [5, 5.41) is 0. The zero-order valence-electron chi connectivity index (χ0n) is 19.1. The van der Waals surface area contributed by atoms with Crippen molar-refractivity contribution in [2.75, 3.05) is 0 Å². The molecule has 0 spiro atoms. The number of esters is 2. The lowest BCUT2D eigenvalue weighted by atomic mass is 9.97.